The van der Waals surface area contributed by atoms with Crippen molar-refractivity contribution in [2.24, 2.45) is 0 Å². The van der Waals surface area contributed by atoms with Crippen molar-refractivity contribution in [3.8, 4) is 0 Å². The van der Waals surface area contributed by atoms with Crippen LogP contribution in [0.3, 0.4) is 0 Å². The molecule has 0 aliphatic carbocycles. The molecule has 1 aliphatic rings. The van der Waals surface area contributed by atoms with E-state index in [1.54, 1.807) is 0 Å². The lowest BCUT2D eigenvalue weighted by molar-refractivity contribution is -0.929. The van der Waals surface area contributed by atoms with E-state index >= 15 is 0 Å². The number of likely N-dealkylation sites (N-methyl/N-ethyl adjacent to an activating group) is 1. The molecule has 2 rings (SSSR count). The smallest absolute Gasteiger partial charge is 0.104 e. The molecule has 1 aromatic rings. The van der Waals surface area contributed by atoms with E-state index < -0.39 is 0 Å². The standard InChI is InChI=1S/C12H18NO.ClH/c1-13(7-9-14-10-8-13)11-12-5-3-2-4-6-12;/h2-6H,7-11H2,1H3;1H/q+1;/p-1. The van der Waals surface area contributed by atoms with E-state index in [1.165, 1.54) is 5.56 Å². The Morgan fingerprint density at radius 3 is 2.33 bits per heavy atom. The molecule has 3 heteroatoms. The van der Waals surface area contributed by atoms with E-state index in [4.69, 9.17) is 4.74 Å². The fourth-order valence-electron chi connectivity index (χ4n) is 1.97. The summed E-state index contributed by atoms with van der Waals surface area (Å²) >= 11 is 0. The van der Waals surface area contributed by atoms with E-state index in [9.17, 15) is 0 Å². The van der Waals surface area contributed by atoms with Crippen LogP contribution in [0.1, 0.15) is 5.56 Å². The van der Waals surface area contributed by atoms with E-state index in [-0.39, 0.29) is 12.4 Å². The maximum absolute atomic E-state index is 5.39. The number of nitrogens with zero attached hydrogens (tertiary/aromatic N) is 1. The second-order valence-electron chi connectivity index (χ2n) is 4.32. The molecule has 0 spiro atoms. The maximum atomic E-state index is 5.39. The van der Waals surface area contributed by atoms with E-state index in [1.807, 2.05) is 0 Å². The normalized spacial score (nSPS) is 19.3. The molecule has 0 atom stereocenters. The summed E-state index contributed by atoms with van der Waals surface area (Å²) < 4.78 is 6.50. The van der Waals surface area contributed by atoms with Crippen LogP contribution < -0.4 is 12.4 Å². The molecule has 2 nitrogen and oxygen atoms in total. The molecule has 15 heavy (non-hydrogen) atoms. The highest BCUT2D eigenvalue weighted by Gasteiger charge is 2.24. The van der Waals surface area contributed by atoms with Crippen LogP contribution >= 0.6 is 0 Å². The number of ether oxygens (including phenoxy) is 1. The zero-order valence-electron chi connectivity index (χ0n) is 9.16. The summed E-state index contributed by atoms with van der Waals surface area (Å²) in [6.45, 7) is 5.21. The lowest BCUT2D eigenvalue weighted by Gasteiger charge is -2.37. The zero-order valence-corrected chi connectivity index (χ0v) is 9.91. The summed E-state index contributed by atoms with van der Waals surface area (Å²) in [6.07, 6.45) is 0. The molecule has 0 amide bonds. The largest absolute Gasteiger partial charge is 1.00 e. The number of rotatable bonds is 2. The third-order valence-corrected chi connectivity index (χ3v) is 2.96. The highest BCUT2D eigenvalue weighted by Crippen LogP contribution is 2.13. The number of morpholine rings is 1. The third-order valence-electron chi connectivity index (χ3n) is 2.96. The molecular formula is C12H18ClNO. The first-order chi connectivity index (χ1) is 6.79. The van der Waals surface area contributed by atoms with Gasteiger partial charge in [0.25, 0.3) is 0 Å². The first-order valence-electron chi connectivity index (χ1n) is 5.24. The van der Waals surface area contributed by atoms with Gasteiger partial charge in [0.2, 0.25) is 0 Å². The Kier molecular flexibility index (Phi) is 4.58. The monoisotopic (exact) mass is 227 g/mol. The highest BCUT2D eigenvalue weighted by molar-refractivity contribution is 5.13. The van der Waals surface area contributed by atoms with Gasteiger partial charge in [-0.25, -0.2) is 0 Å². The number of halogens is 1. The van der Waals surface area contributed by atoms with Crippen LogP contribution in [-0.4, -0.2) is 37.8 Å². The third kappa shape index (κ3) is 3.49. The zero-order chi connectivity index (χ0) is 9.86. The average Bonchev–Trinajstić information content (AvgIpc) is 2.19. The minimum absolute atomic E-state index is 0. The summed E-state index contributed by atoms with van der Waals surface area (Å²) in [5.41, 5.74) is 1.43. The lowest BCUT2D eigenvalue weighted by Crippen LogP contribution is -3.00. The molecular weight excluding hydrogens is 210 g/mol. The highest BCUT2D eigenvalue weighted by atomic mass is 35.5. The molecule has 0 aromatic heterocycles. The van der Waals surface area contributed by atoms with Crippen LogP contribution in [0.25, 0.3) is 0 Å². The first-order valence-corrected chi connectivity index (χ1v) is 5.24. The Hall–Kier alpha value is -0.570. The number of quaternary nitrogens is 1. The quantitative estimate of drug-likeness (QED) is 0.569. The van der Waals surface area contributed by atoms with Gasteiger partial charge >= 0.3 is 0 Å². The fraction of sp³-hybridized carbons (Fsp3) is 0.500. The average molecular weight is 228 g/mol. The minimum atomic E-state index is 0. The van der Waals surface area contributed by atoms with Crippen molar-refractivity contribution in [1.82, 2.24) is 0 Å². The summed E-state index contributed by atoms with van der Waals surface area (Å²) in [5, 5.41) is 0. The summed E-state index contributed by atoms with van der Waals surface area (Å²) in [4.78, 5) is 0. The minimum Gasteiger partial charge on any atom is -1.00 e. The maximum Gasteiger partial charge on any atom is 0.104 e. The van der Waals surface area contributed by atoms with Crippen molar-refractivity contribution in [2.45, 2.75) is 6.54 Å². The second-order valence-corrected chi connectivity index (χ2v) is 4.32. The molecule has 1 fully saturated rings. The molecule has 1 heterocycles. The van der Waals surface area contributed by atoms with Gasteiger partial charge in [-0.1, -0.05) is 30.3 Å². The van der Waals surface area contributed by atoms with Crippen LogP contribution in [0.15, 0.2) is 30.3 Å². The molecule has 0 unspecified atom stereocenters. The van der Waals surface area contributed by atoms with Crippen molar-refractivity contribution >= 4 is 0 Å². The predicted molar refractivity (Wildman–Crippen MR) is 56.9 cm³/mol. The van der Waals surface area contributed by atoms with Crippen molar-refractivity contribution < 1.29 is 21.6 Å². The van der Waals surface area contributed by atoms with Gasteiger partial charge in [-0.2, -0.15) is 0 Å². The van der Waals surface area contributed by atoms with Gasteiger partial charge in [0, 0.05) is 5.56 Å². The SMILES string of the molecule is C[N+]1(Cc2ccccc2)CCOCC1.[Cl-]. The van der Waals surface area contributed by atoms with Crippen molar-refractivity contribution in [1.29, 1.82) is 0 Å². The number of hydrogen-bond donors (Lipinski definition) is 0. The van der Waals surface area contributed by atoms with Crippen molar-refractivity contribution in [3.05, 3.63) is 35.9 Å². The van der Waals surface area contributed by atoms with Crippen LogP contribution in [0.2, 0.25) is 0 Å². The van der Waals surface area contributed by atoms with Gasteiger partial charge in [-0.3, -0.25) is 0 Å². The molecule has 84 valence electrons. The lowest BCUT2D eigenvalue weighted by atomic mass is 10.2. The summed E-state index contributed by atoms with van der Waals surface area (Å²) in [7, 11) is 2.32. The van der Waals surface area contributed by atoms with Gasteiger partial charge in [0.15, 0.2) is 0 Å². The fourth-order valence-corrected chi connectivity index (χ4v) is 1.97. The topological polar surface area (TPSA) is 9.23 Å². The molecule has 0 saturated carbocycles. The van der Waals surface area contributed by atoms with Crippen LogP contribution in [0, 0.1) is 0 Å². The summed E-state index contributed by atoms with van der Waals surface area (Å²) in [5.74, 6) is 0. The Labute approximate surface area is 97.9 Å². The molecule has 0 radical (unpaired) electrons. The van der Waals surface area contributed by atoms with Crippen LogP contribution in [-0.2, 0) is 11.3 Å². The number of benzene rings is 1. The Morgan fingerprint density at radius 1 is 1.13 bits per heavy atom. The van der Waals surface area contributed by atoms with Gasteiger partial charge in [-0.15, -0.1) is 0 Å². The van der Waals surface area contributed by atoms with E-state index in [2.05, 4.69) is 37.4 Å². The van der Waals surface area contributed by atoms with Crippen LogP contribution in [0.4, 0.5) is 0 Å². The van der Waals surface area contributed by atoms with Gasteiger partial charge in [0.1, 0.15) is 19.6 Å². The number of hydrogen-bond acceptors (Lipinski definition) is 1. The molecule has 0 bridgehead atoms. The second kappa shape index (κ2) is 5.50. The Balaban J connectivity index is 0.00000112. The Bertz CT molecular complexity index is 283. The molecule has 1 aromatic carbocycles. The first kappa shape index (κ1) is 12.5. The van der Waals surface area contributed by atoms with Crippen molar-refractivity contribution in [2.75, 3.05) is 33.4 Å². The van der Waals surface area contributed by atoms with Gasteiger partial charge in [-0.05, 0) is 0 Å². The van der Waals surface area contributed by atoms with E-state index in [0.29, 0.717) is 0 Å². The van der Waals surface area contributed by atoms with Crippen LogP contribution in [0.5, 0.6) is 0 Å². The van der Waals surface area contributed by atoms with Gasteiger partial charge in [0.05, 0.1) is 20.3 Å². The van der Waals surface area contributed by atoms with Crippen molar-refractivity contribution in [3.63, 3.8) is 0 Å². The van der Waals surface area contributed by atoms with Gasteiger partial charge < -0.3 is 21.6 Å². The molecule has 1 saturated heterocycles. The van der Waals surface area contributed by atoms with E-state index in [0.717, 1.165) is 37.3 Å². The summed E-state index contributed by atoms with van der Waals surface area (Å²) in [6, 6.07) is 10.7. The Morgan fingerprint density at radius 2 is 1.73 bits per heavy atom. The molecule has 1 aliphatic heterocycles. The predicted octanol–water partition coefficient (Wildman–Crippen LogP) is -1.33. The molecule has 0 N–H and O–H groups in total.